The standard InChI is InChI=1S/C19H22O4/c1-5-10-15(14-11-8-7-9-12-14)19(13-6-2)16(20)22-18(3,4)23-17(19)21/h5-9,11-12,15H,1-2,10,13H2,3-4H3. The Morgan fingerprint density at radius 1 is 1.04 bits per heavy atom. The quantitative estimate of drug-likeness (QED) is 0.456. The summed E-state index contributed by atoms with van der Waals surface area (Å²) in [4.78, 5) is 25.6. The number of esters is 2. The van der Waals surface area contributed by atoms with E-state index in [1.807, 2.05) is 30.3 Å². The van der Waals surface area contributed by atoms with E-state index in [4.69, 9.17) is 9.47 Å². The molecule has 1 aliphatic rings. The van der Waals surface area contributed by atoms with Crippen LogP contribution >= 0.6 is 0 Å². The van der Waals surface area contributed by atoms with Gasteiger partial charge >= 0.3 is 11.9 Å². The molecule has 0 spiro atoms. The van der Waals surface area contributed by atoms with Crippen molar-refractivity contribution in [1.29, 1.82) is 0 Å². The minimum atomic E-state index is -1.44. The lowest BCUT2D eigenvalue weighted by molar-refractivity contribution is -0.252. The van der Waals surface area contributed by atoms with Crippen LogP contribution in [0.4, 0.5) is 0 Å². The van der Waals surface area contributed by atoms with Crippen molar-refractivity contribution in [3.05, 3.63) is 61.2 Å². The van der Waals surface area contributed by atoms with Gasteiger partial charge in [0, 0.05) is 19.8 Å². The molecule has 0 amide bonds. The Hall–Kier alpha value is -2.36. The molecule has 23 heavy (non-hydrogen) atoms. The van der Waals surface area contributed by atoms with Crippen molar-refractivity contribution >= 4 is 11.9 Å². The zero-order valence-electron chi connectivity index (χ0n) is 13.6. The molecule has 0 saturated carbocycles. The van der Waals surface area contributed by atoms with Crippen LogP contribution < -0.4 is 0 Å². The van der Waals surface area contributed by atoms with Gasteiger partial charge in [0.1, 0.15) is 0 Å². The molecular weight excluding hydrogens is 292 g/mol. The lowest BCUT2D eigenvalue weighted by atomic mass is 9.67. The third-order valence-electron chi connectivity index (χ3n) is 4.07. The number of hydrogen-bond acceptors (Lipinski definition) is 4. The van der Waals surface area contributed by atoms with Gasteiger partial charge in [-0.05, 0) is 18.4 Å². The molecule has 1 saturated heterocycles. The van der Waals surface area contributed by atoms with Crippen LogP contribution in [0.15, 0.2) is 55.6 Å². The number of hydrogen-bond donors (Lipinski definition) is 0. The smallest absolute Gasteiger partial charge is 0.327 e. The number of ether oxygens (including phenoxy) is 2. The molecule has 4 nitrogen and oxygen atoms in total. The third-order valence-corrected chi connectivity index (χ3v) is 4.07. The maximum absolute atomic E-state index is 12.8. The van der Waals surface area contributed by atoms with E-state index >= 15 is 0 Å². The summed E-state index contributed by atoms with van der Waals surface area (Å²) in [7, 11) is 0. The molecule has 0 N–H and O–H groups in total. The Morgan fingerprint density at radius 2 is 1.61 bits per heavy atom. The van der Waals surface area contributed by atoms with Crippen molar-refractivity contribution in [2.75, 3.05) is 0 Å². The fourth-order valence-electron chi connectivity index (χ4n) is 3.03. The van der Waals surface area contributed by atoms with E-state index in [1.165, 1.54) is 0 Å². The second-order valence-corrected chi connectivity index (χ2v) is 6.13. The molecule has 1 fully saturated rings. The normalized spacial score (nSPS) is 20.1. The molecule has 0 aliphatic carbocycles. The molecule has 1 aromatic carbocycles. The third kappa shape index (κ3) is 3.07. The Labute approximate surface area is 136 Å². The van der Waals surface area contributed by atoms with Gasteiger partial charge in [0.2, 0.25) is 0 Å². The van der Waals surface area contributed by atoms with Crippen LogP contribution in [0.1, 0.15) is 38.2 Å². The summed E-state index contributed by atoms with van der Waals surface area (Å²) in [6.07, 6.45) is 3.85. The minimum Gasteiger partial charge on any atom is -0.422 e. The summed E-state index contributed by atoms with van der Waals surface area (Å²) in [5, 5.41) is 0. The summed E-state index contributed by atoms with van der Waals surface area (Å²) in [5.41, 5.74) is -0.574. The van der Waals surface area contributed by atoms with Gasteiger partial charge < -0.3 is 9.47 Å². The fraction of sp³-hybridized carbons (Fsp3) is 0.368. The van der Waals surface area contributed by atoms with Gasteiger partial charge in [0.15, 0.2) is 5.41 Å². The van der Waals surface area contributed by atoms with E-state index in [9.17, 15) is 9.59 Å². The summed E-state index contributed by atoms with van der Waals surface area (Å²) in [6.45, 7) is 10.6. The molecule has 0 bridgehead atoms. The first-order valence-electron chi connectivity index (χ1n) is 7.61. The molecule has 1 aliphatic heterocycles. The SMILES string of the molecule is C=CCC(c1ccccc1)C1(CC=C)C(=O)OC(C)(C)OC1=O. The van der Waals surface area contributed by atoms with E-state index in [0.29, 0.717) is 6.42 Å². The fourth-order valence-corrected chi connectivity index (χ4v) is 3.03. The Balaban J connectivity index is 2.57. The lowest BCUT2D eigenvalue weighted by Gasteiger charge is -2.43. The Bertz CT molecular complexity index is 596. The van der Waals surface area contributed by atoms with E-state index in [0.717, 1.165) is 5.56 Å². The van der Waals surface area contributed by atoms with Crippen molar-refractivity contribution in [3.8, 4) is 0 Å². The number of carbonyl (C=O) groups excluding carboxylic acids is 2. The highest BCUT2D eigenvalue weighted by atomic mass is 16.7. The lowest BCUT2D eigenvalue weighted by Crippen LogP contribution is -2.56. The molecular formula is C19H22O4. The zero-order chi connectivity index (χ0) is 17.1. The second kappa shape index (κ2) is 6.41. The maximum atomic E-state index is 12.8. The van der Waals surface area contributed by atoms with Gasteiger partial charge in [-0.15, -0.1) is 13.2 Å². The molecule has 1 unspecified atom stereocenters. The number of cyclic esters (lactones) is 2. The van der Waals surface area contributed by atoms with E-state index in [1.54, 1.807) is 26.0 Å². The summed E-state index contributed by atoms with van der Waals surface area (Å²) >= 11 is 0. The zero-order valence-corrected chi connectivity index (χ0v) is 13.6. The van der Waals surface area contributed by atoms with Gasteiger partial charge in [0.25, 0.3) is 5.79 Å². The number of allylic oxidation sites excluding steroid dienone is 2. The van der Waals surface area contributed by atoms with Crippen LogP contribution in [0.5, 0.6) is 0 Å². The molecule has 2 rings (SSSR count). The van der Waals surface area contributed by atoms with Gasteiger partial charge in [0.05, 0.1) is 0 Å². The van der Waals surface area contributed by atoms with Crippen molar-refractivity contribution in [2.24, 2.45) is 5.41 Å². The predicted octanol–water partition coefficient (Wildman–Crippen LogP) is 3.74. The highest BCUT2D eigenvalue weighted by Gasteiger charge is 2.59. The predicted molar refractivity (Wildman–Crippen MR) is 87.5 cm³/mol. The monoisotopic (exact) mass is 314 g/mol. The first kappa shape index (κ1) is 17.0. The maximum Gasteiger partial charge on any atom is 0.327 e. The van der Waals surface area contributed by atoms with E-state index < -0.39 is 29.1 Å². The first-order valence-corrected chi connectivity index (χ1v) is 7.61. The number of rotatable bonds is 6. The van der Waals surface area contributed by atoms with Crippen LogP contribution in [0, 0.1) is 5.41 Å². The Morgan fingerprint density at radius 3 is 2.09 bits per heavy atom. The molecule has 0 radical (unpaired) electrons. The molecule has 1 atom stereocenters. The summed E-state index contributed by atoms with van der Waals surface area (Å²) in [5.74, 6) is -2.83. The van der Waals surface area contributed by atoms with Crippen LogP contribution in [0.25, 0.3) is 0 Å². The van der Waals surface area contributed by atoms with Crippen LogP contribution in [0.2, 0.25) is 0 Å². The van der Waals surface area contributed by atoms with Crippen LogP contribution in [-0.2, 0) is 19.1 Å². The Kier molecular flexibility index (Phi) is 4.73. The number of carbonyl (C=O) groups is 2. The topological polar surface area (TPSA) is 52.6 Å². The van der Waals surface area contributed by atoms with Crippen molar-refractivity contribution < 1.29 is 19.1 Å². The first-order chi connectivity index (χ1) is 10.9. The highest BCUT2D eigenvalue weighted by Crippen LogP contribution is 2.48. The number of benzene rings is 1. The molecule has 122 valence electrons. The average Bonchev–Trinajstić information content (AvgIpc) is 2.49. The van der Waals surface area contributed by atoms with E-state index in [2.05, 4.69) is 13.2 Å². The van der Waals surface area contributed by atoms with Gasteiger partial charge in [-0.25, -0.2) is 0 Å². The van der Waals surface area contributed by atoms with E-state index in [-0.39, 0.29) is 6.42 Å². The van der Waals surface area contributed by atoms with Crippen LogP contribution in [-0.4, -0.2) is 17.7 Å². The largest absolute Gasteiger partial charge is 0.422 e. The van der Waals surface area contributed by atoms with Gasteiger partial charge in [-0.3, -0.25) is 9.59 Å². The summed E-state index contributed by atoms with van der Waals surface area (Å²) in [6, 6.07) is 9.40. The van der Waals surface area contributed by atoms with Gasteiger partial charge in [-0.2, -0.15) is 0 Å². The summed E-state index contributed by atoms with van der Waals surface area (Å²) < 4.78 is 10.8. The molecule has 0 aromatic heterocycles. The van der Waals surface area contributed by atoms with Crippen molar-refractivity contribution in [1.82, 2.24) is 0 Å². The van der Waals surface area contributed by atoms with Crippen molar-refractivity contribution in [2.45, 2.75) is 38.4 Å². The highest BCUT2D eigenvalue weighted by molar-refractivity contribution is 6.03. The molecule has 4 heteroatoms. The average molecular weight is 314 g/mol. The van der Waals surface area contributed by atoms with Crippen LogP contribution in [0.3, 0.4) is 0 Å². The molecule has 1 heterocycles. The van der Waals surface area contributed by atoms with Crippen molar-refractivity contribution in [3.63, 3.8) is 0 Å². The second-order valence-electron chi connectivity index (χ2n) is 6.13. The minimum absolute atomic E-state index is 0.147. The van der Waals surface area contributed by atoms with Gasteiger partial charge in [-0.1, -0.05) is 42.5 Å². The molecule has 1 aromatic rings.